The average Bonchev–Trinajstić information content (AvgIpc) is 3.29. The summed E-state index contributed by atoms with van der Waals surface area (Å²) in [7, 11) is 3.21. The van der Waals surface area contributed by atoms with Crippen LogP contribution in [0.15, 0.2) is 66.9 Å². The quantitative estimate of drug-likeness (QED) is 0.301. The van der Waals surface area contributed by atoms with Gasteiger partial charge in [0.1, 0.15) is 17.2 Å². The number of aromatic amines is 1. The van der Waals surface area contributed by atoms with Gasteiger partial charge in [0.2, 0.25) is 0 Å². The molecule has 0 saturated heterocycles. The van der Waals surface area contributed by atoms with Crippen molar-refractivity contribution in [3.05, 3.63) is 89.1 Å². The van der Waals surface area contributed by atoms with Gasteiger partial charge in [0, 0.05) is 40.8 Å². The van der Waals surface area contributed by atoms with Gasteiger partial charge in [-0.2, -0.15) is 0 Å². The van der Waals surface area contributed by atoms with Crippen molar-refractivity contribution in [1.82, 2.24) is 10.3 Å². The summed E-state index contributed by atoms with van der Waals surface area (Å²) in [6, 6.07) is 18.7. The Labute approximate surface area is 199 Å². The minimum atomic E-state index is -0.158. The third kappa shape index (κ3) is 5.34. The van der Waals surface area contributed by atoms with Gasteiger partial charge in [-0.05, 0) is 54.4 Å². The number of nitrogens with one attached hydrogen (secondary N) is 2. The van der Waals surface area contributed by atoms with Crippen LogP contribution in [0.5, 0.6) is 17.2 Å². The molecule has 0 radical (unpaired) electrons. The van der Waals surface area contributed by atoms with Crippen LogP contribution in [0.25, 0.3) is 10.9 Å². The highest BCUT2D eigenvalue weighted by atomic mass is 16.5. The SMILES string of the molecule is COc1ccc(OC)c(C#Cc2ccc(O)c(CNC(CO)Cc3c[nH]c4ccccc34)c2)c1. The Bertz CT molecular complexity index is 1330. The monoisotopic (exact) mass is 456 g/mol. The lowest BCUT2D eigenvalue weighted by Crippen LogP contribution is -2.34. The number of aliphatic hydroxyl groups is 1. The summed E-state index contributed by atoms with van der Waals surface area (Å²) in [4.78, 5) is 3.27. The number of hydrogen-bond acceptors (Lipinski definition) is 5. The van der Waals surface area contributed by atoms with E-state index in [9.17, 15) is 10.2 Å². The first-order valence-corrected chi connectivity index (χ1v) is 11.1. The van der Waals surface area contributed by atoms with Gasteiger partial charge in [0.25, 0.3) is 0 Å². The van der Waals surface area contributed by atoms with E-state index >= 15 is 0 Å². The first-order valence-electron chi connectivity index (χ1n) is 11.1. The summed E-state index contributed by atoms with van der Waals surface area (Å²) in [5.41, 5.74) is 4.40. The van der Waals surface area contributed by atoms with E-state index in [1.165, 1.54) is 0 Å². The van der Waals surface area contributed by atoms with Crippen molar-refractivity contribution in [3.8, 4) is 29.1 Å². The van der Waals surface area contributed by atoms with Crippen molar-refractivity contribution in [2.45, 2.75) is 19.0 Å². The lowest BCUT2D eigenvalue weighted by molar-refractivity contribution is 0.240. The Hall–Kier alpha value is -3.92. The molecular formula is C28H28N2O4. The number of phenols is 1. The van der Waals surface area contributed by atoms with Crippen LogP contribution in [0.3, 0.4) is 0 Å². The number of phenolic OH excluding ortho intramolecular Hbond substituents is 1. The molecule has 6 heteroatoms. The molecule has 6 nitrogen and oxygen atoms in total. The van der Waals surface area contributed by atoms with Crippen molar-refractivity contribution in [2.24, 2.45) is 0 Å². The number of aromatic nitrogens is 1. The fraction of sp³-hybridized carbons (Fsp3) is 0.214. The summed E-state index contributed by atoms with van der Waals surface area (Å²) < 4.78 is 10.7. The standard InChI is InChI=1S/C28H28N2O4/c1-33-24-10-12-28(34-2)20(15-24)9-7-19-8-11-27(32)22(13-19)17-29-23(18-31)14-21-16-30-26-6-4-3-5-25(21)26/h3-6,8,10-13,15-16,23,29-32H,14,17-18H2,1-2H3. The van der Waals surface area contributed by atoms with Gasteiger partial charge in [-0.1, -0.05) is 30.0 Å². The van der Waals surface area contributed by atoms with Gasteiger partial charge in [-0.25, -0.2) is 0 Å². The first kappa shape index (κ1) is 23.2. The van der Waals surface area contributed by atoms with Crippen LogP contribution in [0.2, 0.25) is 0 Å². The van der Waals surface area contributed by atoms with Gasteiger partial charge >= 0.3 is 0 Å². The predicted octanol–water partition coefficient (Wildman–Crippen LogP) is 3.98. The van der Waals surface area contributed by atoms with E-state index < -0.39 is 0 Å². The topological polar surface area (TPSA) is 86.7 Å². The van der Waals surface area contributed by atoms with Crippen LogP contribution >= 0.6 is 0 Å². The summed E-state index contributed by atoms with van der Waals surface area (Å²) >= 11 is 0. The van der Waals surface area contributed by atoms with Gasteiger partial charge in [-0.3, -0.25) is 0 Å². The summed E-state index contributed by atoms with van der Waals surface area (Å²) in [6.45, 7) is 0.382. The highest BCUT2D eigenvalue weighted by molar-refractivity contribution is 5.83. The van der Waals surface area contributed by atoms with Crippen LogP contribution in [0.1, 0.15) is 22.3 Å². The molecule has 3 aromatic carbocycles. The molecule has 1 atom stereocenters. The van der Waals surface area contributed by atoms with Crippen LogP contribution in [0, 0.1) is 11.8 Å². The summed E-state index contributed by atoms with van der Waals surface area (Å²) in [5.74, 6) is 7.80. The number of methoxy groups -OCH3 is 2. The molecule has 1 heterocycles. The van der Waals surface area contributed by atoms with E-state index in [0.29, 0.717) is 35.6 Å². The number of para-hydroxylation sites is 1. The minimum Gasteiger partial charge on any atom is -0.508 e. The number of H-pyrrole nitrogens is 1. The van der Waals surface area contributed by atoms with Crippen LogP contribution in [-0.4, -0.2) is 42.1 Å². The molecule has 1 aromatic heterocycles. The molecule has 1 unspecified atom stereocenters. The largest absolute Gasteiger partial charge is 0.508 e. The van der Waals surface area contributed by atoms with Gasteiger partial charge in [0.05, 0.1) is 26.4 Å². The molecule has 0 spiro atoms. The Balaban J connectivity index is 1.48. The van der Waals surface area contributed by atoms with Gasteiger partial charge < -0.3 is 30.0 Å². The van der Waals surface area contributed by atoms with Crippen LogP contribution in [0.4, 0.5) is 0 Å². The molecule has 34 heavy (non-hydrogen) atoms. The van der Waals surface area contributed by atoms with Crippen molar-refractivity contribution < 1.29 is 19.7 Å². The Morgan fingerprint density at radius 2 is 1.82 bits per heavy atom. The smallest absolute Gasteiger partial charge is 0.134 e. The zero-order chi connectivity index (χ0) is 23.9. The maximum absolute atomic E-state index is 10.4. The minimum absolute atomic E-state index is 0.0185. The third-order valence-electron chi connectivity index (χ3n) is 5.77. The van der Waals surface area contributed by atoms with Crippen molar-refractivity contribution in [1.29, 1.82) is 0 Å². The highest BCUT2D eigenvalue weighted by Gasteiger charge is 2.13. The normalized spacial score (nSPS) is 11.6. The van der Waals surface area contributed by atoms with Gasteiger partial charge in [-0.15, -0.1) is 0 Å². The number of fused-ring (bicyclic) bond motifs is 1. The Morgan fingerprint density at radius 1 is 0.971 bits per heavy atom. The maximum atomic E-state index is 10.4. The number of benzene rings is 3. The van der Waals surface area contributed by atoms with Gasteiger partial charge in [0.15, 0.2) is 0 Å². The van der Waals surface area contributed by atoms with E-state index in [1.54, 1.807) is 26.4 Å². The van der Waals surface area contributed by atoms with Crippen LogP contribution < -0.4 is 14.8 Å². The molecule has 0 aliphatic rings. The second kappa shape index (κ2) is 10.8. The average molecular weight is 457 g/mol. The molecule has 4 N–H and O–H groups in total. The zero-order valence-corrected chi connectivity index (χ0v) is 19.3. The molecule has 0 amide bonds. The molecule has 4 aromatic rings. The molecule has 0 fully saturated rings. The van der Waals surface area contributed by atoms with E-state index in [-0.39, 0.29) is 18.4 Å². The molecule has 0 bridgehead atoms. The maximum Gasteiger partial charge on any atom is 0.134 e. The number of ether oxygens (including phenoxy) is 2. The van der Waals surface area contributed by atoms with E-state index in [4.69, 9.17) is 9.47 Å². The fourth-order valence-electron chi connectivity index (χ4n) is 3.88. The number of aliphatic hydroxyl groups excluding tert-OH is 1. The van der Waals surface area contributed by atoms with E-state index in [1.807, 2.05) is 48.7 Å². The van der Waals surface area contributed by atoms with Crippen molar-refractivity contribution in [3.63, 3.8) is 0 Å². The number of rotatable bonds is 8. The molecule has 0 saturated carbocycles. The highest BCUT2D eigenvalue weighted by Crippen LogP contribution is 2.24. The Morgan fingerprint density at radius 3 is 2.62 bits per heavy atom. The number of hydrogen-bond donors (Lipinski definition) is 4. The third-order valence-corrected chi connectivity index (χ3v) is 5.77. The van der Waals surface area contributed by atoms with E-state index in [0.717, 1.165) is 22.0 Å². The molecule has 0 aliphatic carbocycles. The molecule has 0 aliphatic heterocycles. The lowest BCUT2D eigenvalue weighted by atomic mass is 10.0. The second-order valence-corrected chi connectivity index (χ2v) is 7.98. The summed E-state index contributed by atoms with van der Waals surface area (Å²) in [6.07, 6.45) is 2.64. The first-order chi connectivity index (χ1) is 16.6. The molecule has 4 rings (SSSR count). The Kier molecular flexibility index (Phi) is 7.38. The van der Waals surface area contributed by atoms with Crippen LogP contribution in [-0.2, 0) is 13.0 Å². The number of aromatic hydroxyl groups is 1. The summed E-state index contributed by atoms with van der Waals surface area (Å²) in [5, 5.41) is 24.8. The van der Waals surface area contributed by atoms with E-state index in [2.05, 4.69) is 28.2 Å². The fourth-order valence-corrected chi connectivity index (χ4v) is 3.88. The second-order valence-electron chi connectivity index (χ2n) is 7.98. The molecular weight excluding hydrogens is 428 g/mol. The predicted molar refractivity (Wildman–Crippen MR) is 133 cm³/mol. The lowest BCUT2D eigenvalue weighted by Gasteiger charge is -2.17. The molecule has 174 valence electrons. The van der Waals surface area contributed by atoms with Crippen molar-refractivity contribution >= 4 is 10.9 Å². The zero-order valence-electron chi connectivity index (χ0n) is 19.3. The van der Waals surface area contributed by atoms with Crippen molar-refractivity contribution in [2.75, 3.05) is 20.8 Å².